The van der Waals surface area contributed by atoms with E-state index in [0.717, 1.165) is 0 Å². The van der Waals surface area contributed by atoms with Gasteiger partial charge in [-0.25, -0.2) is 4.39 Å². The van der Waals surface area contributed by atoms with Crippen LogP contribution in [-0.2, 0) is 0 Å². The summed E-state index contributed by atoms with van der Waals surface area (Å²) in [4.78, 5) is 0. The third kappa shape index (κ3) is 3.12. The second kappa shape index (κ2) is 5.40. The van der Waals surface area contributed by atoms with Gasteiger partial charge < -0.3 is 9.84 Å². The van der Waals surface area contributed by atoms with Crippen molar-refractivity contribution in [1.29, 1.82) is 0 Å². The fourth-order valence-corrected chi connectivity index (χ4v) is 1.72. The lowest BCUT2D eigenvalue weighted by Gasteiger charge is -2.12. The largest absolute Gasteiger partial charge is 0.454 e. The van der Waals surface area contributed by atoms with Crippen molar-refractivity contribution >= 4 is 0 Å². The van der Waals surface area contributed by atoms with Crippen LogP contribution in [0.25, 0.3) is 0 Å². The fourth-order valence-electron chi connectivity index (χ4n) is 1.72. The van der Waals surface area contributed by atoms with Crippen LogP contribution in [0.4, 0.5) is 4.39 Å². The van der Waals surface area contributed by atoms with Gasteiger partial charge in [0.1, 0.15) is 11.6 Å². The third-order valence-corrected chi connectivity index (χ3v) is 2.76. The fraction of sp³-hybridized carbons (Fsp3) is 0.357. The number of nitrogens with zero attached hydrogens (tertiary/aromatic N) is 2. The molecule has 4 nitrogen and oxygen atoms in total. The van der Waals surface area contributed by atoms with E-state index in [1.165, 1.54) is 18.2 Å². The molecular weight excluding hydrogens is 247 g/mol. The molecule has 1 atom stereocenters. The highest BCUT2D eigenvalue weighted by Crippen LogP contribution is 2.30. The highest BCUT2D eigenvalue weighted by atomic mass is 19.1. The van der Waals surface area contributed by atoms with Crippen molar-refractivity contribution in [2.45, 2.75) is 32.9 Å². The maximum Gasteiger partial charge on any atom is 0.165 e. The van der Waals surface area contributed by atoms with Gasteiger partial charge >= 0.3 is 0 Å². The molecule has 1 N–H and O–H groups in total. The summed E-state index contributed by atoms with van der Waals surface area (Å²) in [6, 6.07) is 4.31. The monoisotopic (exact) mass is 264 g/mol. The first-order valence-corrected chi connectivity index (χ1v) is 6.17. The summed E-state index contributed by atoms with van der Waals surface area (Å²) in [5, 5.41) is 13.8. The summed E-state index contributed by atoms with van der Waals surface area (Å²) in [6.07, 6.45) is 2.56. The van der Waals surface area contributed by atoms with Crippen LogP contribution in [0, 0.1) is 5.82 Å². The van der Waals surface area contributed by atoms with Crippen LogP contribution >= 0.6 is 0 Å². The summed E-state index contributed by atoms with van der Waals surface area (Å²) in [5.41, 5.74) is 0.414. The van der Waals surface area contributed by atoms with Crippen LogP contribution in [-0.4, -0.2) is 14.9 Å². The van der Waals surface area contributed by atoms with Crippen LogP contribution in [0.1, 0.15) is 38.5 Å². The molecule has 0 aliphatic rings. The number of aliphatic hydroxyl groups is 1. The molecule has 0 fully saturated rings. The quantitative estimate of drug-likeness (QED) is 0.920. The zero-order valence-electron chi connectivity index (χ0n) is 11.2. The van der Waals surface area contributed by atoms with E-state index in [4.69, 9.17) is 4.74 Å². The number of hydrogen-bond acceptors (Lipinski definition) is 3. The lowest BCUT2D eigenvalue weighted by molar-refractivity contribution is 0.195. The minimum Gasteiger partial charge on any atom is -0.454 e. The van der Waals surface area contributed by atoms with Gasteiger partial charge in [-0.05, 0) is 39.0 Å². The van der Waals surface area contributed by atoms with Crippen molar-refractivity contribution in [3.05, 3.63) is 42.0 Å². The molecule has 0 spiro atoms. The summed E-state index contributed by atoms with van der Waals surface area (Å²) < 4.78 is 20.6. The Balaban J connectivity index is 2.27. The summed E-state index contributed by atoms with van der Waals surface area (Å²) in [5.74, 6) is 0.586. The van der Waals surface area contributed by atoms with Crippen molar-refractivity contribution in [3.8, 4) is 11.5 Å². The molecule has 0 aliphatic heterocycles. The lowest BCUT2D eigenvalue weighted by Crippen LogP contribution is -2.00. The van der Waals surface area contributed by atoms with Gasteiger partial charge in [0.05, 0.1) is 18.5 Å². The summed E-state index contributed by atoms with van der Waals surface area (Å²) in [6.45, 7) is 5.59. The van der Waals surface area contributed by atoms with Gasteiger partial charge in [-0.3, -0.25) is 4.68 Å². The lowest BCUT2D eigenvalue weighted by atomic mass is 10.1. The topological polar surface area (TPSA) is 47.3 Å². The predicted octanol–water partition coefficient (Wildman–Crippen LogP) is 3.45. The molecule has 0 bridgehead atoms. The third-order valence-electron chi connectivity index (χ3n) is 2.76. The van der Waals surface area contributed by atoms with E-state index in [2.05, 4.69) is 5.10 Å². The molecule has 0 radical (unpaired) electrons. The minimum absolute atomic E-state index is 0.238. The highest BCUT2D eigenvalue weighted by Gasteiger charge is 2.12. The number of halogens is 1. The van der Waals surface area contributed by atoms with E-state index in [9.17, 15) is 9.50 Å². The normalized spacial score (nSPS) is 12.7. The minimum atomic E-state index is -0.800. The Labute approximate surface area is 111 Å². The number of hydrogen-bond donors (Lipinski definition) is 1. The predicted molar refractivity (Wildman–Crippen MR) is 69.7 cm³/mol. The van der Waals surface area contributed by atoms with E-state index in [1.807, 2.05) is 13.8 Å². The number of rotatable bonds is 4. The van der Waals surface area contributed by atoms with E-state index in [0.29, 0.717) is 17.1 Å². The number of aromatic nitrogens is 2. The highest BCUT2D eigenvalue weighted by molar-refractivity contribution is 5.38. The summed E-state index contributed by atoms with van der Waals surface area (Å²) >= 11 is 0. The Morgan fingerprint density at radius 1 is 1.32 bits per heavy atom. The van der Waals surface area contributed by atoms with E-state index >= 15 is 0 Å². The average Bonchev–Trinajstić information content (AvgIpc) is 2.80. The van der Waals surface area contributed by atoms with Gasteiger partial charge in [-0.2, -0.15) is 5.10 Å². The molecule has 0 amide bonds. The Bertz CT molecular complexity index is 564. The Kier molecular flexibility index (Phi) is 3.85. The van der Waals surface area contributed by atoms with Crippen molar-refractivity contribution in [2.75, 3.05) is 0 Å². The number of aliphatic hydroxyl groups excluding tert-OH is 1. The molecule has 0 aliphatic carbocycles. The van der Waals surface area contributed by atoms with Gasteiger partial charge in [-0.15, -0.1) is 0 Å². The van der Waals surface area contributed by atoms with Crippen LogP contribution in [0.3, 0.4) is 0 Å². The van der Waals surface area contributed by atoms with E-state index in [-0.39, 0.29) is 6.04 Å². The van der Waals surface area contributed by atoms with Crippen molar-refractivity contribution in [1.82, 2.24) is 9.78 Å². The van der Waals surface area contributed by atoms with Gasteiger partial charge in [0.25, 0.3) is 0 Å². The zero-order chi connectivity index (χ0) is 14.0. The smallest absolute Gasteiger partial charge is 0.165 e. The molecule has 1 heterocycles. The molecule has 102 valence electrons. The van der Waals surface area contributed by atoms with Crippen molar-refractivity contribution < 1.29 is 14.2 Å². The standard InChI is InChI=1S/C14H17FN2O2/c1-9(2)17-8-12(7-16-17)19-14-5-4-11(15)6-13(14)10(3)18/h4-10,18H,1-3H3/t10-/m0/s1. The molecule has 1 aromatic heterocycles. The Morgan fingerprint density at radius 2 is 2.05 bits per heavy atom. The first kappa shape index (κ1) is 13.5. The maximum absolute atomic E-state index is 13.2. The van der Waals surface area contributed by atoms with Gasteiger partial charge in [0.2, 0.25) is 0 Å². The average molecular weight is 264 g/mol. The van der Waals surface area contributed by atoms with Crippen LogP contribution in [0.2, 0.25) is 0 Å². The van der Waals surface area contributed by atoms with Crippen molar-refractivity contribution in [2.24, 2.45) is 0 Å². The van der Waals surface area contributed by atoms with Crippen LogP contribution in [0.5, 0.6) is 11.5 Å². The molecule has 0 unspecified atom stereocenters. The van der Waals surface area contributed by atoms with Crippen LogP contribution < -0.4 is 4.74 Å². The van der Waals surface area contributed by atoms with Crippen LogP contribution in [0.15, 0.2) is 30.6 Å². The van der Waals surface area contributed by atoms with Gasteiger partial charge in [0, 0.05) is 11.6 Å². The second-order valence-corrected chi connectivity index (χ2v) is 4.71. The van der Waals surface area contributed by atoms with Gasteiger partial charge in [0.15, 0.2) is 5.75 Å². The first-order chi connectivity index (χ1) is 8.97. The van der Waals surface area contributed by atoms with Crippen molar-refractivity contribution in [3.63, 3.8) is 0 Å². The number of benzene rings is 1. The molecule has 1 aromatic carbocycles. The molecule has 5 heteroatoms. The Hall–Kier alpha value is -1.88. The molecule has 0 saturated carbocycles. The van der Waals surface area contributed by atoms with E-state index < -0.39 is 11.9 Å². The molecular formula is C14H17FN2O2. The molecule has 2 rings (SSSR count). The van der Waals surface area contributed by atoms with E-state index in [1.54, 1.807) is 24.0 Å². The SMILES string of the molecule is CC(C)n1cc(Oc2ccc(F)cc2[C@H](C)O)cn1. The molecule has 0 saturated heterocycles. The summed E-state index contributed by atoms with van der Waals surface area (Å²) in [7, 11) is 0. The van der Waals surface area contributed by atoms with Gasteiger partial charge in [-0.1, -0.05) is 0 Å². The molecule has 19 heavy (non-hydrogen) atoms. The maximum atomic E-state index is 13.2. The molecule has 2 aromatic rings. The zero-order valence-corrected chi connectivity index (χ0v) is 11.2. The second-order valence-electron chi connectivity index (χ2n) is 4.71. The Morgan fingerprint density at radius 3 is 2.63 bits per heavy atom. The number of ether oxygens (including phenoxy) is 1. The first-order valence-electron chi connectivity index (χ1n) is 6.17.